The first kappa shape index (κ1) is 93.6. The molecule has 1 N–H and O–H groups in total. The molecule has 0 spiro atoms. The molecule has 0 bridgehead atoms. The number of rotatable bonds is 73. The molecular formula is C88H151NO8P+. The number of carbonyl (C=O) groups excluding carboxylic acids is 2. The summed E-state index contributed by atoms with van der Waals surface area (Å²) in [5.74, 6) is -0.812. The fourth-order valence-corrected chi connectivity index (χ4v) is 11.7. The van der Waals surface area contributed by atoms with Crippen molar-refractivity contribution in [2.45, 2.75) is 341 Å². The normalized spacial score (nSPS) is 13.9. The van der Waals surface area contributed by atoms with E-state index in [2.05, 4.69) is 172 Å². The number of phosphoric acid groups is 1. The Morgan fingerprint density at radius 3 is 0.867 bits per heavy atom. The zero-order valence-corrected chi connectivity index (χ0v) is 64.9. The van der Waals surface area contributed by atoms with E-state index < -0.39 is 26.5 Å². The molecule has 0 heterocycles. The Hall–Kier alpha value is -4.37. The summed E-state index contributed by atoms with van der Waals surface area (Å²) in [7, 11) is 1.46. The third-order valence-electron chi connectivity index (χ3n) is 17.0. The predicted molar refractivity (Wildman–Crippen MR) is 426 cm³/mol. The van der Waals surface area contributed by atoms with E-state index in [4.69, 9.17) is 18.5 Å². The van der Waals surface area contributed by atoms with Gasteiger partial charge in [0.2, 0.25) is 0 Å². The van der Waals surface area contributed by atoms with Crippen molar-refractivity contribution in [1.82, 2.24) is 0 Å². The number of phosphoric ester groups is 1. The summed E-state index contributed by atoms with van der Waals surface area (Å²) >= 11 is 0. The van der Waals surface area contributed by atoms with Crippen molar-refractivity contribution >= 4 is 19.8 Å². The van der Waals surface area contributed by atoms with Gasteiger partial charge in [-0.3, -0.25) is 18.6 Å². The third-order valence-corrected chi connectivity index (χ3v) is 18.0. The topological polar surface area (TPSA) is 108 Å². The van der Waals surface area contributed by atoms with Crippen molar-refractivity contribution in [2.75, 3.05) is 47.5 Å². The van der Waals surface area contributed by atoms with Crippen molar-refractivity contribution in [3.63, 3.8) is 0 Å². The molecule has 2 unspecified atom stereocenters. The number of ether oxygens (including phenoxy) is 2. The predicted octanol–water partition coefficient (Wildman–Crippen LogP) is 27.1. The zero-order valence-electron chi connectivity index (χ0n) is 64.0. The van der Waals surface area contributed by atoms with E-state index in [1.807, 2.05) is 21.1 Å². The van der Waals surface area contributed by atoms with Gasteiger partial charge in [-0.25, -0.2) is 4.57 Å². The second-order valence-corrected chi connectivity index (χ2v) is 29.2. The van der Waals surface area contributed by atoms with Crippen LogP contribution in [-0.4, -0.2) is 74.9 Å². The van der Waals surface area contributed by atoms with E-state index in [-0.39, 0.29) is 32.0 Å². The average Bonchev–Trinajstić information content (AvgIpc) is 1.08. The number of esters is 2. The average molecular weight is 1380 g/mol. The summed E-state index contributed by atoms with van der Waals surface area (Å²) in [5.41, 5.74) is 0. The number of unbranched alkanes of at least 4 members (excludes halogenated alkanes) is 33. The van der Waals surface area contributed by atoms with E-state index in [1.165, 1.54) is 167 Å². The van der Waals surface area contributed by atoms with E-state index >= 15 is 0 Å². The lowest BCUT2D eigenvalue weighted by Gasteiger charge is -2.24. The fraction of sp³-hybridized carbons (Fsp3) is 0.682. The largest absolute Gasteiger partial charge is 0.472 e. The first-order valence-corrected chi connectivity index (χ1v) is 41.7. The molecule has 560 valence electrons. The maximum Gasteiger partial charge on any atom is 0.472 e. The van der Waals surface area contributed by atoms with Gasteiger partial charge in [0.1, 0.15) is 19.8 Å². The molecule has 0 rings (SSSR count). The minimum atomic E-state index is -4.41. The van der Waals surface area contributed by atoms with Crippen LogP contribution in [-0.2, 0) is 32.7 Å². The molecule has 0 aromatic rings. The Kier molecular flexibility index (Phi) is 73.4. The molecule has 0 saturated carbocycles. The summed E-state index contributed by atoms with van der Waals surface area (Å²) in [5, 5.41) is 0. The molecule has 0 aromatic heterocycles. The lowest BCUT2D eigenvalue weighted by Crippen LogP contribution is -2.37. The number of nitrogens with zero attached hydrogens (tertiary/aromatic N) is 1. The standard InChI is InChI=1S/C88H150NO8P/c1-6-8-10-12-14-16-18-20-22-24-26-28-30-32-34-36-38-40-42-44-46-48-50-52-54-56-58-60-62-64-66-68-70-72-74-76-78-80-87(90)94-84-86(85-96-98(92,93)95-83-82-89(3,4)5)97-88(91)81-79-77-75-73-71-69-67-65-63-61-59-57-55-53-51-49-47-45-43-41-39-37-35-33-31-29-27-25-23-21-19-17-15-13-11-9-7-2/h9,11,15,17-18,20-21,23-24,26-27,29-30,32-33,35,39,41,45,47,51,53,57,59,63,65,86H,6-8,10,12-14,16,19,22,25,28,31,34,36-38,40,42-44,46,48-50,52,54-56,58,60-62,64,66-85H2,1-5H3/p+1/b11-9-,17-15-,20-18-,23-21-,26-24-,29-27-,32-30-,35-33-,41-39-,47-45-,53-51-,59-57-,65-63-. The minimum Gasteiger partial charge on any atom is -0.462 e. The van der Waals surface area contributed by atoms with Gasteiger partial charge >= 0.3 is 19.8 Å². The number of hydrogen-bond donors (Lipinski definition) is 1. The van der Waals surface area contributed by atoms with Crippen LogP contribution in [0.5, 0.6) is 0 Å². The fourth-order valence-electron chi connectivity index (χ4n) is 10.9. The van der Waals surface area contributed by atoms with Crippen LogP contribution in [0.25, 0.3) is 0 Å². The molecule has 0 saturated heterocycles. The first-order valence-electron chi connectivity index (χ1n) is 40.2. The van der Waals surface area contributed by atoms with Crippen LogP contribution < -0.4 is 0 Å². The quantitative estimate of drug-likeness (QED) is 0.0211. The number of likely N-dealkylation sites (N-methyl/N-ethyl adjacent to an activating group) is 1. The van der Waals surface area contributed by atoms with Gasteiger partial charge in [0.15, 0.2) is 6.10 Å². The van der Waals surface area contributed by atoms with Crippen molar-refractivity contribution in [3.05, 3.63) is 158 Å². The highest BCUT2D eigenvalue weighted by Gasteiger charge is 2.27. The van der Waals surface area contributed by atoms with E-state index in [0.717, 1.165) is 135 Å². The maximum absolute atomic E-state index is 12.9. The Bertz CT molecular complexity index is 2220. The summed E-state index contributed by atoms with van der Waals surface area (Å²) in [6, 6.07) is 0. The number of carbonyl (C=O) groups is 2. The van der Waals surface area contributed by atoms with Crippen molar-refractivity contribution in [3.8, 4) is 0 Å². The Labute approximate surface area is 605 Å². The van der Waals surface area contributed by atoms with Crippen LogP contribution >= 0.6 is 7.82 Å². The van der Waals surface area contributed by atoms with Crippen LogP contribution in [0.15, 0.2) is 158 Å². The highest BCUT2D eigenvalue weighted by Crippen LogP contribution is 2.43. The van der Waals surface area contributed by atoms with Gasteiger partial charge in [0.05, 0.1) is 27.7 Å². The van der Waals surface area contributed by atoms with Gasteiger partial charge in [-0.05, 0) is 128 Å². The number of hydrogen-bond acceptors (Lipinski definition) is 7. The van der Waals surface area contributed by atoms with E-state index in [1.54, 1.807) is 0 Å². The molecule has 0 aliphatic rings. The summed E-state index contributed by atoms with van der Waals surface area (Å²) in [6.45, 7) is 4.31. The smallest absolute Gasteiger partial charge is 0.462 e. The highest BCUT2D eigenvalue weighted by atomic mass is 31.2. The molecule has 0 fully saturated rings. The van der Waals surface area contributed by atoms with Crippen LogP contribution in [0, 0.1) is 0 Å². The van der Waals surface area contributed by atoms with E-state index in [0.29, 0.717) is 17.4 Å². The molecule has 98 heavy (non-hydrogen) atoms. The van der Waals surface area contributed by atoms with Gasteiger partial charge < -0.3 is 18.9 Å². The van der Waals surface area contributed by atoms with Gasteiger partial charge in [0, 0.05) is 12.8 Å². The SMILES string of the molecule is CC/C=C\C/C=C\C/C=C\C/C=C\C/C=C\C/C=C\C/C=C\C/C=C\C/C=C\C/C=C\CCCCCCCCC(=O)OC(COC(=O)CCCCCCCCCCCCCCCCCCCCCCCC/C=C\C/C=C\C/C=C\CCCCCCC)COP(=O)(O)OCC[N+](C)(C)C. The van der Waals surface area contributed by atoms with Crippen LogP contribution in [0.4, 0.5) is 0 Å². The molecule has 2 atom stereocenters. The van der Waals surface area contributed by atoms with E-state index in [9.17, 15) is 19.0 Å². The zero-order chi connectivity index (χ0) is 71.1. The molecular weight excluding hydrogens is 1230 g/mol. The molecule has 0 radical (unpaired) electrons. The van der Waals surface area contributed by atoms with Crippen molar-refractivity contribution < 1.29 is 42.1 Å². The molecule has 0 amide bonds. The lowest BCUT2D eigenvalue weighted by atomic mass is 10.0. The Morgan fingerprint density at radius 2 is 0.582 bits per heavy atom. The summed E-state index contributed by atoms with van der Waals surface area (Å²) < 4.78 is 34.8. The highest BCUT2D eigenvalue weighted by molar-refractivity contribution is 7.47. The van der Waals surface area contributed by atoms with Gasteiger partial charge in [-0.15, -0.1) is 0 Å². The van der Waals surface area contributed by atoms with Crippen molar-refractivity contribution in [1.29, 1.82) is 0 Å². The monoisotopic (exact) mass is 1380 g/mol. The molecule has 0 aromatic carbocycles. The second kappa shape index (κ2) is 76.8. The minimum absolute atomic E-state index is 0.0223. The Morgan fingerprint density at radius 1 is 0.327 bits per heavy atom. The summed E-state index contributed by atoms with van der Waals surface area (Å²) in [6.07, 6.45) is 115. The maximum atomic E-state index is 12.9. The summed E-state index contributed by atoms with van der Waals surface area (Å²) in [4.78, 5) is 36.0. The molecule has 0 aliphatic heterocycles. The van der Waals surface area contributed by atoms with Gasteiger partial charge in [0.25, 0.3) is 0 Å². The van der Waals surface area contributed by atoms with Crippen LogP contribution in [0.2, 0.25) is 0 Å². The lowest BCUT2D eigenvalue weighted by molar-refractivity contribution is -0.870. The molecule has 9 nitrogen and oxygen atoms in total. The van der Waals surface area contributed by atoms with Gasteiger partial charge in [-0.2, -0.15) is 0 Å². The van der Waals surface area contributed by atoms with Gasteiger partial charge in [-0.1, -0.05) is 352 Å². The van der Waals surface area contributed by atoms with Crippen LogP contribution in [0.1, 0.15) is 335 Å². The Balaban J connectivity index is 4.04. The first-order chi connectivity index (χ1) is 48.0. The van der Waals surface area contributed by atoms with Crippen LogP contribution in [0.3, 0.4) is 0 Å². The van der Waals surface area contributed by atoms with Crippen molar-refractivity contribution in [2.24, 2.45) is 0 Å². The number of quaternary nitrogens is 1. The molecule has 0 aliphatic carbocycles. The number of allylic oxidation sites excluding steroid dienone is 26. The molecule has 10 heteroatoms. The second-order valence-electron chi connectivity index (χ2n) is 27.7. The third kappa shape index (κ3) is 80.6.